The summed E-state index contributed by atoms with van der Waals surface area (Å²) in [4.78, 5) is 16.8. The molecule has 28 heavy (non-hydrogen) atoms. The maximum atomic E-state index is 12.3. The maximum absolute atomic E-state index is 12.3. The van der Waals surface area contributed by atoms with Crippen LogP contribution in [0.25, 0.3) is 0 Å². The van der Waals surface area contributed by atoms with Crippen LogP contribution in [0.4, 0.5) is 0 Å². The molecule has 4 nitrogen and oxygen atoms in total. The summed E-state index contributed by atoms with van der Waals surface area (Å²) in [5.41, 5.74) is 3.54. The van der Waals surface area contributed by atoms with Gasteiger partial charge < -0.3 is 5.11 Å². The molecule has 2 aliphatic rings. The van der Waals surface area contributed by atoms with Gasteiger partial charge >= 0.3 is 0 Å². The fraction of sp³-hybridized carbons (Fsp3) is 0.458. The van der Waals surface area contributed by atoms with E-state index in [1.165, 1.54) is 11.1 Å². The fourth-order valence-electron chi connectivity index (χ4n) is 4.51. The molecule has 1 saturated heterocycles. The third-order valence-corrected chi connectivity index (χ3v) is 6.19. The number of rotatable bonds is 7. The number of aryl methyl sites for hydroxylation is 1. The fourth-order valence-corrected chi connectivity index (χ4v) is 4.51. The maximum Gasteiger partial charge on any atom is 0.147 e. The van der Waals surface area contributed by atoms with Gasteiger partial charge in [-0.05, 0) is 55.0 Å². The lowest BCUT2D eigenvalue weighted by Crippen LogP contribution is -2.40. The molecule has 0 radical (unpaired) electrons. The Kier molecular flexibility index (Phi) is 6.20. The standard InChI is InChI=1S/C24H30N2O2/c27-22(11-10-19-6-2-1-3-7-19)18-25-14-12-20(13-15-25)16-26-17-21-8-4-5-9-23(21)24(26)28/h1-9,20,24,28H,10-18H2. The van der Waals surface area contributed by atoms with E-state index in [9.17, 15) is 9.90 Å². The molecule has 2 heterocycles. The Morgan fingerprint density at radius 1 is 1.00 bits per heavy atom. The van der Waals surface area contributed by atoms with E-state index in [2.05, 4.69) is 28.0 Å². The third kappa shape index (κ3) is 4.69. The average molecular weight is 379 g/mol. The number of carbonyl (C=O) groups is 1. The minimum Gasteiger partial charge on any atom is -0.374 e. The summed E-state index contributed by atoms with van der Waals surface area (Å²) in [5.74, 6) is 0.937. The molecule has 0 spiro atoms. The molecule has 1 unspecified atom stereocenters. The Hall–Kier alpha value is -2.01. The predicted octanol–water partition coefficient (Wildman–Crippen LogP) is 3.41. The minimum absolute atomic E-state index is 0.340. The first-order valence-corrected chi connectivity index (χ1v) is 10.5. The van der Waals surface area contributed by atoms with Gasteiger partial charge in [0.1, 0.15) is 12.0 Å². The molecule has 0 amide bonds. The van der Waals surface area contributed by atoms with E-state index in [1.807, 2.05) is 36.4 Å². The van der Waals surface area contributed by atoms with Crippen LogP contribution in [0.3, 0.4) is 0 Å². The molecule has 2 aromatic rings. The number of hydrogen-bond donors (Lipinski definition) is 1. The van der Waals surface area contributed by atoms with E-state index in [-0.39, 0.29) is 0 Å². The van der Waals surface area contributed by atoms with Crippen molar-refractivity contribution in [2.75, 3.05) is 26.2 Å². The number of nitrogens with zero attached hydrogens (tertiary/aromatic N) is 2. The summed E-state index contributed by atoms with van der Waals surface area (Å²) in [6.07, 6.45) is 3.21. The lowest BCUT2D eigenvalue weighted by molar-refractivity contribution is -0.120. The number of hydrogen-bond acceptors (Lipinski definition) is 4. The molecule has 4 rings (SSSR count). The van der Waals surface area contributed by atoms with Gasteiger partial charge in [0.25, 0.3) is 0 Å². The van der Waals surface area contributed by atoms with E-state index in [0.717, 1.165) is 51.0 Å². The Morgan fingerprint density at radius 3 is 2.46 bits per heavy atom. The Morgan fingerprint density at radius 2 is 1.71 bits per heavy atom. The van der Waals surface area contributed by atoms with Crippen LogP contribution in [-0.2, 0) is 17.8 Å². The summed E-state index contributed by atoms with van der Waals surface area (Å²) in [5, 5.41) is 10.6. The van der Waals surface area contributed by atoms with Gasteiger partial charge in [0.15, 0.2) is 0 Å². The van der Waals surface area contributed by atoms with Crippen LogP contribution >= 0.6 is 0 Å². The van der Waals surface area contributed by atoms with Gasteiger partial charge in [0.05, 0.1) is 6.54 Å². The molecule has 4 heteroatoms. The zero-order valence-electron chi connectivity index (χ0n) is 16.5. The molecule has 0 aromatic heterocycles. The second-order valence-corrected chi connectivity index (χ2v) is 8.25. The number of Topliss-reactive ketones (excluding diaryl/α,β-unsaturated/α-hetero) is 1. The number of piperidine rings is 1. The van der Waals surface area contributed by atoms with Crippen LogP contribution in [0.2, 0.25) is 0 Å². The van der Waals surface area contributed by atoms with Crippen molar-refractivity contribution in [3.05, 3.63) is 71.3 Å². The molecule has 1 fully saturated rings. The molecule has 0 saturated carbocycles. The smallest absolute Gasteiger partial charge is 0.147 e. The normalized spacial score (nSPS) is 21.0. The number of fused-ring (bicyclic) bond motifs is 1. The number of aliphatic hydroxyl groups is 1. The lowest BCUT2D eigenvalue weighted by atomic mass is 9.95. The molecule has 0 aliphatic carbocycles. The second kappa shape index (κ2) is 8.99. The SMILES string of the molecule is O=C(CCc1ccccc1)CN1CCC(CN2Cc3ccccc3C2O)CC1. The Bertz CT molecular complexity index is 784. The summed E-state index contributed by atoms with van der Waals surface area (Å²) in [6.45, 7) is 4.33. The molecule has 2 aromatic carbocycles. The molecule has 0 bridgehead atoms. The predicted molar refractivity (Wildman–Crippen MR) is 111 cm³/mol. The zero-order chi connectivity index (χ0) is 19.3. The monoisotopic (exact) mass is 378 g/mol. The van der Waals surface area contributed by atoms with E-state index in [0.29, 0.717) is 24.7 Å². The van der Waals surface area contributed by atoms with Crippen molar-refractivity contribution in [1.29, 1.82) is 0 Å². The van der Waals surface area contributed by atoms with Crippen LogP contribution in [-0.4, -0.2) is 46.9 Å². The van der Waals surface area contributed by atoms with Crippen molar-refractivity contribution < 1.29 is 9.90 Å². The van der Waals surface area contributed by atoms with Crippen LogP contribution in [0.15, 0.2) is 54.6 Å². The van der Waals surface area contributed by atoms with Crippen molar-refractivity contribution in [1.82, 2.24) is 9.80 Å². The van der Waals surface area contributed by atoms with Crippen molar-refractivity contribution >= 4 is 5.78 Å². The summed E-state index contributed by atoms with van der Waals surface area (Å²) >= 11 is 0. The number of aliphatic hydroxyl groups excluding tert-OH is 1. The van der Waals surface area contributed by atoms with Crippen molar-refractivity contribution in [3.63, 3.8) is 0 Å². The van der Waals surface area contributed by atoms with Crippen LogP contribution in [0.5, 0.6) is 0 Å². The topological polar surface area (TPSA) is 43.8 Å². The second-order valence-electron chi connectivity index (χ2n) is 8.25. The molecular weight excluding hydrogens is 348 g/mol. The number of ketones is 1. The first kappa shape index (κ1) is 19.3. The lowest BCUT2D eigenvalue weighted by Gasteiger charge is -2.34. The van der Waals surface area contributed by atoms with Crippen LogP contribution in [0, 0.1) is 5.92 Å². The minimum atomic E-state index is -0.464. The van der Waals surface area contributed by atoms with E-state index < -0.39 is 6.23 Å². The Balaban J connectivity index is 1.18. The molecule has 1 atom stereocenters. The van der Waals surface area contributed by atoms with E-state index in [1.54, 1.807) is 0 Å². The quantitative estimate of drug-likeness (QED) is 0.802. The van der Waals surface area contributed by atoms with E-state index in [4.69, 9.17) is 0 Å². The van der Waals surface area contributed by atoms with Crippen LogP contribution < -0.4 is 0 Å². The summed E-state index contributed by atoms with van der Waals surface area (Å²) in [7, 11) is 0. The van der Waals surface area contributed by atoms with Crippen molar-refractivity contribution in [2.24, 2.45) is 5.92 Å². The van der Waals surface area contributed by atoms with Gasteiger partial charge in [0, 0.05) is 19.5 Å². The number of carbonyl (C=O) groups excluding carboxylic acids is 1. The first-order valence-electron chi connectivity index (χ1n) is 10.5. The highest BCUT2D eigenvalue weighted by molar-refractivity contribution is 5.80. The first-order chi connectivity index (χ1) is 13.7. The largest absolute Gasteiger partial charge is 0.374 e. The zero-order valence-corrected chi connectivity index (χ0v) is 16.5. The number of likely N-dealkylation sites (tertiary alicyclic amines) is 1. The van der Waals surface area contributed by atoms with Crippen molar-refractivity contribution in [2.45, 2.75) is 38.5 Å². The Labute approximate surface area is 167 Å². The molecule has 1 N–H and O–H groups in total. The van der Waals surface area contributed by atoms with Crippen LogP contribution in [0.1, 0.15) is 42.2 Å². The molecular formula is C24H30N2O2. The third-order valence-electron chi connectivity index (χ3n) is 6.19. The summed E-state index contributed by atoms with van der Waals surface area (Å²) in [6, 6.07) is 18.4. The van der Waals surface area contributed by atoms with Gasteiger partial charge in [-0.3, -0.25) is 14.6 Å². The highest BCUT2D eigenvalue weighted by Crippen LogP contribution is 2.33. The van der Waals surface area contributed by atoms with Crippen molar-refractivity contribution in [3.8, 4) is 0 Å². The molecule has 148 valence electrons. The average Bonchev–Trinajstić information content (AvgIpc) is 3.04. The van der Waals surface area contributed by atoms with Gasteiger partial charge in [-0.2, -0.15) is 0 Å². The molecule has 2 aliphatic heterocycles. The highest BCUT2D eigenvalue weighted by atomic mass is 16.3. The highest BCUT2D eigenvalue weighted by Gasteiger charge is 2.31. The van der Waals surface area contributed by atoms with Gasteiger partial charge in [-0.15, -0.1) is 0 Å². The van der Waals surface area contributed by atoms with Gasteiger partial charge in [-0.1, -0.05) is 54.6 Å². The summed E-state index contributed by atoms with van der Waals surface area (Å²) < 4.78 is 0. The van der Waals surface area contributed by atoms with Gasteiger partial charge in [-0.25, -0.2) is 0 Å². The van der Waals surface area contributed by atoms with Gasteiger partial charge in [0.2, 0.25) is 0 Å². The van der Waals surface area contributed by atoms with E-state index >= 15 is 0 Å². The number of benzene rings is 2.